The van der Waals surface area contributed by atoms with Crippen LogP contribution in [0.1, 0.15) is 21.6 Å². The number of amides is 1. The Kier molecular flexibility index (Phi) is 4.86. The number of ether oxygens (including phenoxy) is 1. The van der Waals surface area contributed by atoms with Crippen LogP contribution in [-0.4, -0.2) is 28.0 Å². The third-order valence-electron chi connectivity index (χ3n) is 3.57. The highest BCUT2D eigenvalue weighted by atomic mass is 16.5. The maximum absolute atomic E-state index is 12.1. The van der Waals surface area contributed by atoms with Gasteiger partial charge in [-0.15, -0.1) is 5.10 Å². The van der Waals surface area contributed by atoms with Crippen molar-refractivity contribution < 1.29 is 9.53 Å². The Labute approximate surface area is 140 Å². The molecule has 0 atom stereocenters. The zero-order chi connectivity index (χ0) is 16.8. The van der Waals surface area contributed by atoms with E-state index in [-0.39, 0.29) is 5.91 Å². The molecule has 24 heavy (non-hydrogen) atoms. The van der Waals surface area contributed by atoms with E-state index in [1.165, 1.54) is 0 Å². The summed E-state index contributed by atoms with van der Waals surface area (Å²) >= 11 is 0. The van der Waals surface area contributed by atoms with Gasteiger partial charge in [-0.2, -0.15) is 0 Å². The number of hydrogen-bond donors (Lipinski definition) is 1. The van der Waals surface area contributed by atoms with Crippen LogP contribution in [0.2, 0.25) is 0 Å². The van der Waals surface area contributed by atoms with Crippen LogP contribution in [0.25, 0.3) is 0 Å². The predicted octanol–water partition coefficient (Wildman–Crippen LogP) is 2.27. The van der Waals surface area contributed by atoms with E-state index in [2.05, 4.69) is 15.6 Å². The fourth-order valence-electron chi connectivity index (χ4n) is 2.27. The van der Waals surface area contributed by atoms with Crippen LogP contribution in [0, 0.1) is 0 Å². The Morgan fingerprint density at radius 2 is 1.83 bits per heavy atom. The van der Waals surface area contributed by atoms with E-state index in [0.29, 0.717) is 18.8 Å². The summed E-state index contributed by atoms with van der Waals surface area (Å²) < 4.78 is 6.77. The van der Waals surface area contributed by atoms with Crippen molar-refractivity contribution >= 4 is 5.91 Å². The first-order valence-electron chi connectivity index (χ1n) is 7.60. The molecule has 1 aromatic heterocycles. The van der Waals surface area contributed by atoms with Gasteiger partial charge in [-0.1, -0.05) is 47.7 Å². The average Bonchev–Trinajstić information content (AvgIpc) is 3.10. The summed E-state index contributed by atoms with van der Waals surface area (Å²) in [6, 6.07) is 17.4. The van der Waals surface area contributed by atoms with Crippen molar-refractivity contribution in [3.8, 4) is 5.75 Å². The Morgan fingerprint density at radius 1 is 1.08 bits per heavy atom. The first-order valence-corrected chi connectivity index (χ1v) is 7.60. The van der Waals surface area contributed by atoms with E-state index < -0.39 is 0 Å². The number of rotatable bonds is 6. The molecular formula is C18H18N4O2. The van der Waals surface area contributed by atoms with E-state index in [9.17, 15) is 4.79 Å². The van der Waals surface area contributed by atoms with Crippen molar-refractivity contribution in [3.63, 3.8) is 0 Å². The van der Waals surface area contributed by atoms with Gasteiger partial charge in [-0.3, -0.25) is 4.79 Å². The molecule has 122 valence electrons. The lowest BCUT2D eigenvalue weighted by molar-refractivity contribution is 0.0946. The van der Waals surface area contributed by atoms with Crippen LogP contribution in [0.15, 0.2) is 60.8 Å². The predicted molar refractivity (Wildman–Crippen MR) is 89.7 cm³/mol. The number of carbonyl (C=O) groups excluding carboxylic acids is 1. The summed E-state index contributed by atoms with van der Waals surface area (Å²) in [5.41, 5.74) is 2.40. The number of benzene rings is 2. The second-order valence-electron chi connectivity index (χ2n) is 5.32. The molecule has 3 rings (SSSR count). The smallest absolute Gasteiger partial charge is 0.273 e. The van der Waals surface area contributed by atoms with E-state index >= 15 is 0 Å². The standard InChI is InChI=1S/C18H18N4O2/c1-24-16-9-7-15(8-10-16)12-22-13-17(20-21-22)18(23)19-11-14-5-3-2-4-6-14/h2-10,13H,11-12H2,1H3,(H,19,23). The number of nitrogens with zero attached hydrogens (tertiary/aromatic N) is 3. The molecule has 1 heterocycles. The number of hydrogen-bond acceptors (Lipinski definition) is 4. The first kappa shape index (κ1) is 15.7. The van der Waals surface area contributed by atoms with Crippen molar-refractivity contribution in [2.75, 3.05) is 7.11 Å². The van der Waals surface area contributed by atoms with Gasteiger partial charge in [0.2, 0.25) is 0 Å². The fraction of sp³-hybridized carbons (Fsp3) is 0.167. The summed E-state index contributed by atoms with van der Waals surface area (Å²) in [6.45, 7) is 1.01. The molecule has 0 aliphatic rings. The lowest BCUT2D eigenvalue weighted by Crippen LogP contribution is -2.23. The Morgan fingerprint density at radius 3 is 2.54 bits per heavy atom. The zero-order valence-electron chi connectivity index (χ0n) is 13.3. The Bertz CT molecular complexity index is 797. The van der Waals surface area contributed by atoms with Crippen LogP contribution in [0.5, 0.6) is 5.75 Å². The molecule has 6 heteroatoms. The SMILES string of the molecule is COc1ccc(Cn2cc(C(=O)NCc3ccccc3)nn2)cc1. The van der Waals surface area contributed by atoms with Gasteiger partial charge in [0.1, 0.15) is 5.75 Å². The van der Waals surface area contributed by atoms with Gasteiger partial charge >= 0.3 is 0 Å². The van der Waals surface area contributed by atoms with Gasteiger partial charge in [0.25, 0.3) is 5.91 Å². The molecule has 3 aromatic rings. The Hall–Kier alpha value is -3.15. The molecule has 0 spiro atoms. The van der Waals surface area contributed by atoms with Crippen molar-refractivity contribution in [1.82, 2.24) is 20.3 Å². The molecule has 0 aliphatic heterocycles. The minimum absolute atomic E-state index is 0.236. The van der Waals surface area contributed by atoms with E-state index in [0.717, 1.165) is 16.9 Å². The van der Waals surface area contributed by atoms with E-state index in [1.807, 2.05) is 54.6 Å². The van der Waals surface area contributed by atoms with Crippen LogP contribution >= 0.6 is 0 Å². The van der Waals surface area contributed by atoms with Crippen LogP contribution in [0.3, 0.4) is 0 Å². The Balaban J connectivity index is 1.58. The van der Waals surface area contributed by atoms with Crippen molar-refractivity contribution in [1.29, 1.82) is 0 Å². The van der Waals surface area contributed by atoms with Gasteiger partial charge in [0.15, 0.2) is 5.69 Å². The molecule has 0 saturated heterocycles. The molecule has 1 N–H and O–H groups in total. The van der Waals surface area contributed by atoms with Gasteiger partial charge in [0, 0.05) is 6.54 Å². The number of carbonyl (C=O) groups is 1. The highest BCUT2D eigenvalue weighted by Gasteiger charge is 2.10. The summed E-state index contributed by atoms with van der Waals surface area (Å²) in [5, 5.41) is 10.8. The lowest BCUT2D eigenvalue weighted by atomic mass is 10.2. The summed E-state index contributed by atoms with van der Waals surface area (Å²) in [6.07, 6.45) is 1.64. The molecule has 0 bridgehead atoms. The third kappa shape index (κ3) is 3.98. The molecule has 0 radical (unpaired) electrons. The molecule has 0 aliphatic carbocycles. The third-order valence-corrected chi connectivity index (χ3v) is 3.57. The number of nitrogens with one attached hydrogen (secondary N) is 1. The molecule has 0 saturated carbocycles. The summed E-state index contributed by atoms with van der Waals surface area (Å²) in [4.78, 5) is 12.1. The monoisotopic (exact) mass is 322 g/mol. The largest absolute Gasteiger partial charge is 0.497 e. The van der Waals surface area contributed by atoms with Gasteiger partial charge in [-0.25, -0.2) is 4.68 Å². The number of methoxy groups -OCH3 is 1. The lowest BCUT2D eigenvalue weighted by Gasteiger charge is -2.03. The molecule has 0 fully saturated rings. The maximum Gasteiger partial charge on any atom is 0.273 e. The quantitative estimate of drug-likeness (QED) is 0.756. The molecule has 6 nitrogen and oxygen atoms in total. The molecule has 2 aromatic carbocycles. The van der Waals surface area contributed by atoms with Gasteiger partial charge in [0.05, 0.1) is 19.9 Å². The maximum atomic E-state index is 12.1. The van der Waals surface area contributed by atoms with Gasteiger partial charge < -0.3 is 10.1 Å². The van der Waals surface area contributed by atoms with Crippen molar-refractivity contribution in [2.45, 2.75) is 13.1 Å². The van der Waals surface area contributed by atoms with E-state index in [4.69, 9.17) is 4.74 Å². The molecule has 1 amide bonds. The zero-order valence-corrected chi connectivity index (χ0v) is 13.3. The minimum atomic E-state index is -0.236. The minimum Gasteiger partial charge on any atom is -0.497 e. The molecule has 0 unspecified atom stereocenters. The highest BCUT2D eigenvalue weighted by Crippen LogP contribution is 2.12. The summed E-state index contributed by atoms with van der Waals surface area (Å²) in [5.74, 6) is 0.568. The normalized spacial score (nSPS) is 10.4. The van der Waals surface area contributed by atoms with Crippen LogP contribution in [-0.2, 0) is 13.1 Å². The average molecular weight is 322 g/mol. The first-order chi connectivity index (χ1) is 11.7. The second-order valence-corrected chi connectivity index (χ2v) is 5.32. The topological polar surface area (TPSA) is 69.0 Å². The highest BCUT2D eigenvalue weighted by molar-refractivity contribution is 5.91. The van der Waals surface area contributed by atoms with Crippen LogP contribution in [0.4, 0.5) is 0 Å². The molecular weight excluding hydrogens is 304 g/mol. The second kappa shape index (κ2) is 7.41. The van der Waals surface area contributed by atoms with Crippen molar-refractivity contribution in [3.05, 3.63) is 77.6 Å². The van der Waals surface area contributed by atoms with Crippen LogP contribution < -0.4 is 10.1 Å². The summed E-state index contributed by atoms with van der Waals surface area (Å²) in [7, 11) is 1.63. The fourth-order valence-corrected chi connectivity index (χ4v) is 2.27. The van der Waals surface area contributed by atoms with Gasteiger partial charge in [-0.05, 0) is 23.3 Å². The van der Waals surface area contributed by atoms with Crippen molar-refractivity contribution in [2.24, 2.45) is 0 Å². The van der Waals surface area contributed by atoms with E-state index in [1.54, 1.807) is 18.0 Å². The number of aromatic nitrogens is 3.